The van der Waals surface area contributed by atoms with Crippen LogP contribution in [0.1, 0.15) is 60.8 Å². The van der Waals surface area contributed by atoms with Crippen LogP contribution in [0.5, 0.6) is 0 Å². The highest BCUT2D eigenvalue weighted by Crippen LogP contribution is 2.42. The van der Waals surface area contributed by atoms with Gasteiger partial charge in [0.05, 0.1) is 16.5 Å². The van der Waals surface area contributed by atoms with E-state index in [-0.39, 0.29) is 0 Å². The molecule has 0 saturated heterocycles. The molecule has 6 heteroatoms. The summed E-state index contributed by atoms with van der Waals surface area (Å²) in [6, 6.07) is 1.34. The van der Waals surface area contributed by atoms with Crippen molar-refractivity contribution in [2.75, 3.05) is 6.54 Å². The van der Waals surface area contributed by atoms with Crippen molar-refractivity contribution in [3.63, 3.8) is 0 Å². The molecule has 1 unspecified atom stereocenters. The molecule has 2 heterocycles. The van der Waals surface area contributed by atoms with Crippen molar-refractivity contribution >= 4 is 23.7 Å². The van der Waals surface area contributed by atoms with Crippen LogP contribution in [0.3, 0.4) is 0 Å². The fourth-order valence-electron chi connectivity index (χ4n) is 2.68. The Hall–Kier alpha value is -1.40. The average molecular weight is 325 g/mol. The number of aliphatic hydroxyl groups is 1. The molecule has 5 nitrogen and oxygen atoms in total. The summed E-state index contributed by atoms with van der Waals surface area (Å²) >= 11 is 1.33. The van der Waals surface area contributed by atoms with Crippen LogP contribution in [-0.4, -0.2) is 40.1 Å². The van der Waals surface area contributed by atoms with E-state index in [2.05, 4.69) is 0 Å². The Balaban J connectivity index is 2.39. The molecule has 0 fully saturated rings. The maximum atomic E-state index is 12.5. The van der Waals surface area contributed by atoms with Gasteiger partial charge in [0.15, 0.2) is 6.29 Å². The Morgan fingerprint density at radius 3 is 2.55 bits per heavy atom. The lowest BCUT2D eigenvalue weighted by Gasteiger charge is -2.42. The van der Waals surface area contributed by atoms with Crippen LogP contribution in [-0.2, 0) is 11.2 Å². The molecule has 122 valence electrons. The topological polar surface area (TPSA) is 66.8 Å². The summed E-state index contributed by atoms with van der Waals surface area (Å²) in [5, 5.41) is 10.6. The Bertz CT molecular complexity index is 580. The van der Waals surface area contributed by atoms with Crippen LogP contribution >= 0.6 is 11.3 Å². The van der Waals surface area contributed by atoms with Crippen molar-refractivity contribution in [1.29, 1.82) is 0 Å². The van der Waals surface area contributed by atoms with Gasteiger partial charge in [-0.3, -0.25) is 9.69 Å². The lowest BCUT2D eigenvalue weighted by atomic mass is 9.90. The van der Waals surface area contributed by atoms with Crippen molar-refractivity contribution in [3.05, 3.63) is 21.4 Å². The molecule has 1 atom stereocenters. The molecule has 1 aliphatic rings. The van der Waals surface area contributed by atoms with E-state index in [1.54, 1.807) is 18.7 Å². The number of carbonyl (C=O) groups is 2. The van der Waals surface area contributed by atoms with Gasteiger partial charge >= 0.3 is 6.09 Å². The molecule has 1 amide bonds. The second-order valence-corrected chi connectivity index (χ2v) is 8.25. The highest BCUT2D eigenvalue weighted by Gasteiger charge is 2.42. The number of rotatable bonds is 2. The first-order valence-corrected chi connectivity index (χ1v) is 8.14. The highest BCUT2D eigenvalue weighted by atomic mass is 32.1. The third kappa shape index (κ3) is 3.50. The largest absolute Gasteiger partial charge is 0.444 e. The normalized spacial score (nSPS) is 18.8. The summed E-state index contributed by atoms with van der Waals surface area (Å²) in [5.74, 6) is 0. The second kappa shape index (κ2) is 5.66. The zero-order chi connectivity index (χ0) is 16.7. The van der Waals surface area contributed by atoms with Crippen LogP contribution < -0.4 is 0 Å². The van der Waals surface area contributed by atoms with Gasteiger partial charge in [-0.1, -0.05) is 0 Å². The van der Waals surface area contributed by atoms with Crippen LogP contribution in [0.25, 0.3) is 0 Å². The van der Waals surface area contributed by atoms with Crippen molar-refractivity contribution in [1.82, 2.24) is 4.90 Å². The first kappa shape index (κ1) is 17.0. The van der Waals surface area contributed by atoms with Crippen LogP contribution in [0, 0.1) is 0 Å². The maximum absolute atomic E-state index is 12.5. The molecule has 0 spiro atoms. The van der Waals surface area contributed by atoms with E-state index in [9.17, 15) is 14.7 Å². The SMILES string of the molecule is CC(C)(C)OC(=O)N1CCc2cc(C=O)sc2C1C(C)(C)O. The van der Waals surface area contributed by atoms with Gasteiger partial charge in [-0.25, -0.2) is 4.79 Å². The zero-order valence-electron chi connectivity index (χ0n) is 13.7. The molecule has 0 radical (unpaired) electrons. The number of hydrogen-bond donors (Lipinski definition) is 1. The smallest absolute Gasteiger partial charge is 0.410 e. The van der Waals surface area contributed by atoms with Gasteiger partial charge in [0.2, 0.25) is 0 Å². The summed E-state index contributed by atoms with van der Waals surface area (Å²) in [7, 11) is 0. The van der Waals surface area contributed by atoms with Gasteiger partial charge in [-0.15, -0.1) is 11.3 Å². The summed E-state index contributed by atoms with van der Waals surface area (Å²) in [6.45, 7) is 9.25. The van der Waals surface area contributed by atoms with Crippen molar-refractivity contribution in [2.24, 2.45) is 0 Å². The predicted octanol–water partition coefficient (Wildman–Crippen LogP) is 3.17. The van der Waals surface area contributed by atoms with Gasteiger partial charge < -0.3 is 9.84 Å². The van der Waals surface area contributed by atoms with Crippen LogP contribution in [0.4, 0.5) is 4.79 Å². The van der Waals surface area contributed by atoms with Gasteiger partial charge in [0.25, 0.3) is 0 Å². The Morgan fingerprint density at radius 1 is 1.41 bits per heavy atom. The summed E-state index contributed by atoms with van der Waals surface area (Å²) in [5.41, 5.74) is -0.693. The molecule has 1 aliphatic heterocycles. The number of thiophene rings is 1. The molecule has 1 N–H and O–H groups in total. The Labute approximate surface area is 134 Å². The summed E-state index contributed by atoms with van der Waals surface area (Å²) in [4.78, 5) is 26.6. The third-order valence-corrected chi connectivity index (χ3v) is 4.61. The van der Waals surface area contributed by atoms with Gasteiger partial charge in [0, 0.05) is 11.4 Å². The first-order chi connectivity index (χ1) is 10.0. The number of hydrogen-bond acceptors (Lipinski definition) is 5. The minimum Gasteiger partial charge on any atom is -0.444 e. The summed E-state index contributed by atoms with van der Waals surface area (Å²) in [6.07, 6.45) is 1.03. The van der Waals surface area contributed by atoms with Crippen LogP contribution in [0.15, 0.2) is 6.07 Å². The number of aldehydes is 1. The molecule has 0 saturated carbocycles. The minimum atomic E-state index is -1.13. The maximum Gasteiger partial charge on any atom is 0.410 e. The molecule has 0 bridgehead atoms. The quantitative estimate of drug-likeness (QED) is 0.848. The number of fused-ring (bicyclic) bond motifs is 1. The van der Waals surface area contributed by atoms with Crippen molar-refractivity contribution < 1.29 is 19.4 Å². The molecule has 2 rings (SSSR count). The van der Waals surface area contributed by atoms with Gasteiger partial charge in [-0.2, -0.15) is 0 Å². The van der Waals surface area contributed by atoms with E-state index >= 15 is 0 Å². The van der Waals surface area contributed by atoms with Crippen LogP contribution in [0.2, 0.25) is 0 Å². The molecule has 1 aromatic heterocycles. The standard InChI is InChI=1S/C16H23NO4S/c1-15(2,3)21-14(19)17-7-6-10-8-11(9-18)22-12(10)13(17)16(4,5)20/h8-9,13,20H,6-7H2,1-5H3. The van der Waals surface area contributed by atoms with Crippen molar-refractivity contribution in [2.45, 2.75) is 58.3 Å². The van der Waals surface area contributed by atoms with E-state index in [4.69, 9.17) is 4.74 Å². The third-order valence-electron chi connectivity index (χ3n) is 3.46. The Morgan fingerprint density at radius 2 is 2.05 bits per heavy atom. The highest BCUT2D eigenvalue weighted by molar-refractivity contribution is 7.13. The fourth-order valence-corrected chi connectivity index (χ4v) is 4.00. The molecule has 0 aliphatic carbocycles. The average Bonchev–Trinajstić information content (AvgIpc) is 2.76. The van der Waals surface area contributed by atoms with E-state index in [0.29, 0.717) is 17.8 Å². The van der Waals surface area contributed by atoms with E-state index < -0.39 is 23.3 Å². The van der Waals surface area contributed by atoms with E-state index in [0.717, 1.165) is 16.7 Å². The molecular weight excluding hydrogens is 302 g/mol. The molecule has 22 heavy (non-hydrogen) atoms. The van der Waals surface area contributed by atoms with Gasteiger partial charge in [-0.05, 0) is 52.7 Å². The van der Waals surface area contributed by atoms with E-state index in [1.165, 1.54) is 11.3 Å². The lowest BCUT2D eigenvalue weighted by molar-refractivity contribution is -0.0411. The Kier molecular flexibility index (Phi) is 4.37. The monoisotopic (exact) mass is 325 g/mol. The molecule has 0 aromatic carbocycles. The molecule has 1 aromatic rings. The van der Waals surface area contributed by atoms with E-state index in [1.807, 2.05) is 26.8 Å². The summed E-state index contributed by atoms with van der Waals surface area (Å²) < 4.78 is 5.46. The van der Waals surface area contributed by atoms with Crippen molar-refractivity contribution in [3.8, 4) is 0 Å². The lowest BCUT2D eigenvalue weighted by Crippen LogP contribution is -2.49. The number of nitrogens with zero attached hydrogens (tertiary/aromatic N) is 1. The number of carbonyl (C=O) groups excluding carboxylic acids is 2. The molecular formula is C16H23NO4S. The minimum absolute atomic E-state index is 0.439. The predicted molar refractivity (Wildman–Crippen MR) is 85.4 cm³/mol. The number of ether oxygens (including phenoxy) is 1. The fraction of sp³-hybridized carbons (Fsp3) is 0.625. The van der Waals surface area contributed by atoms with Gasteiger partial charge in [0.1, 0.15) is 5.60 Å². The number of amides is 1. The zero-order valence-corrected chi connectivity index (χ0v) is 14.5. The second-order valence-electron chi connectivity index (χ2n) is 7.14. The first-order valence-electron chi connectivity index (χ1n) is 7.32.